The average Bonchev–Trinajstić information content (AvgIpc) is 2.11. The van der Waals surface area contributed by atoms with Crippen molar-refractivity contribution < 1.29 is 57.8 Å². The highest BCUT2D eigenvalue weighted by Crippen LogP contribution is 2.28. The Bertz CT molecular complexity index is 2340. The van der Waals surface area contributed by atoms with E-state index in [0.717, 1.165) is 9.80 Å². The number of nitrogens with zero attached hydrogens (tertiary/aromatic N) is 7. The number of rotatable bonds is 15. The molecule has 1 aliphatic heterocycles. The van der Waals surface area contributed by atoms with Gasteiger partial charge < -0.3 is 45.1 Å². The molecule has 500 valence electrons. The summed E-state index contributed by atoms with van der Waals surface area (Å²) in [6, 6.07) is -9.06. The van der Waals surface area contributed by atoms with Crippen molar-refractivity contribution in [1.82, 2.24) is 44.9 Å². The van der Waals surface area contributed by atoms with E-state index in [0.29, 0.717) is 6.42 Å². The summed E-state index contributed by atoms with van der Waals surface area (Å²) in [6.07, 6.45) is 2.98. The second kappa shape index (κ2) is 37.4. The van der Waals surface area contributed by atoms with Gasteiger partial charge in [0.25, 0.3) is 0 Å². The molecule has 1 fully saturated rings. The van der Waals surface area contributed by atoms with Gasteiger partial charge in [-0.3, -0.25) is 57.6 Å². The van der Waals surface area contributed by atoms with Crippen LogP contribution in [0.1, 0.15) is 176 Å². The van der Waals surface area contributed by atoms with Gasteiger partial charge in [0.15, 0.2) is 17.3 Å². The van der Waals surface area contributed by atoms with Gasteiger partial charge in [0.2, 0.25) is 47.3 Å². The Balaban J connectivity index is 0.0000740. The topological polar surface area (TPSA) is 255 Å². The Hall–Kier alpha value is -5.57. The molecule has 1 rings (SSSR count). The number of allylic oxidation sites excluding steroid dienone is 2. The Labute approximate surface area is 524 Å². The molecule has 0 aromatic heterocycles. The van der Waals surface area contributed by atoms with Crippen LogP contribution in [0.25, 0.3) is 0 Å². The Kier molecular flexibility index (Phi) is 35.0. The minimum atomic E-state index is -1.58. The number of carbonyl (C=O) groups is 11. The maximum Gasteiger partial charge on any atom is 0.246 e. The number of ketones is 3. The summed E-state index contributed by atoms with van der Waals surface area (Å²) < 4.78 is 0. The Morgan fingerprint density at radius 3 is 1.41 bits per heavy atom. The number of carbonyl (C=O) groups excluding carboxylic acids is 11. The van der Waals surface area contributed by atoms with Gasteiger partial charge in [0.05, 0.1) is 43.4 Å². The van der Waals surface area contributed by atoms with Crippen LogP contribution in [-0.4, -0.2) is 221 Å². The van der Waals surface area contributed by atoms with Gasteiger partial charge in [-0.05, 0) is 101 Å². The van der Waals surface area contributed by atoms with Crippen LogP contribution < -0.4 is 10.6 Å². The number of nitrogens with one attached hydrogen (secondary N) is 2. The fourth-order valence-corrected chi connectivity index (χ4v) is 11.4. The molecule has 0 aromatic rings. The third kappa shape index (κ3) is 23.7. The Morgan fingerprint density at radius 2 is 0.954 bits per heavy atom. The first-order valence-corrected chi connectivity index (χ1v) is 31.5. The minimum Gasteiger partial charge on any atom is -0.390 e. The van der Waals surface area contributed by atoms with Crippen LogP contribution >= 0.6 is 0 Å². The zero-order chi connectivity index (χ0) is 66.7. The second-order valence-corrected chi connectivity index (χ2v) is 27.2. The molecule has 2 unspecified atom stereocenters. The van der Waals surface area contributed by atoms with Crippen molar-refractivity contribution in [1.29, 1.82) is 0 Å². The van der Waals surface area contributed by atoms with Crippen LogP contribution in [0.4, 0.5) is 0 Å². The van der Waals surface area contributed by atoms with Gasteiger partial charge in [-0.1, -0.05) is 123 Å². The summed E-state index contributed by atoms with van der Waals surface area (Å²) in [5.74, 6) is -9.68. The largest absolute Gasteiger partial charge is 0.390 e. The first-order chi connectivity index (χ1) is 39.7. The van der Waals surface area contributed by atoms with Crippen molar-refractivity contribution in [3.05, 3.63) is 12.2 Å². The van der Waals surface area contributed by atoms with Gasteiger partial charge >= 0.3 is 0 Å². The molecule has 21 nitrogen and oxygen atoms in total. The molecule has 12 atom stereocenters. The van der Waals surface area contributed by atoms with Crippen LogP contribution in [0.15, 0.2) is 12.2 Å². The van der Waals surface area contributed by atoms with Gasteiger partial charge in [0.1, 0.15) is 24.2 Å². The maximum absolute atomic E-state index is 15.1. The lowest BCUT2D eigenvalue weighted by Gasteiger charge is -2.41. The van der Waals surface area contributed by atoms with E-state index in [4.69, 9.17) is 0 Å². The standard InChI is InChI=1S/C65H115N9O12.CH4/c1-25-27-28-43(15)58(79)57-60(81)67-47(26-2)63(84)69(19)36-55(78)70(20)48(29-37(3)4)53(76)34-46(41(11)12)62(83)72(22)49(30-38(5)6)52(75)33-44(16)59(80)66-45(17)61(82)71(21)50(31-39(7)8)54(77)35-68(18)51(32-40(9)10)64(85)73(23)56(42(13)14)65(86)74(57)24;/h25,27,37-51,56-58,79H,26,28-36H2,1-24H3,(H,66,80)(H,67,81);1H4/b27-25+;/t43-,44-,45-,46?,47+,48+,49+,50+,51+,56+,57?,58-;/m1./s1. The molecule has 0 spiro atoms. The molecular weight excluding hydrogens is 1110 g/mol. The average molecular weight is 1230 g/mol. The Morgan fingerprint density at radius 1 is 0.506 bits per heavy atom. The predicted molar refractivity (Wildman–Crippen MR) is 342 cm³/mol. The van der Waals surface area contributed by atoms with Crippen LogP contribution in [-0.2, 0) is 52.7 Å². The molecule has 87 heavy (non-hydrogen) atoms. The smallest absolute Gasteiger partial charge is 0.246 e. The van der Waals surface area contributed by atoms with E-state index in [9.17, 15) is 48.3 Å². The van der Waals surface area contributed by atoms with E-state index in [1.54, 1.807) is 66.5 Å². The summed E-state index contributed by atoms with van der Waals surface area (Å²) in [5, 5.41) is 17.6. The monoisotopic (exact) mass is 1230 g/mol. The third-order valence-corrected chi connectivity index (χ3v) is 16.9. The highest BCUT2D eigenvalue weighted by Gasteiger charge is 2.45. The van der Waals surface area contributed by atoms with Crippen molar-refractivity contribution in [2.45, 2.75) is 231 Å². The summed E-state index contributed by atoms with van der Waals surface area (Å²) in [6.45, 7) is 29.9. The van der Waals surface area contributed by atoms with Crippen LogP contribution in [0.2, 0.25) is 0 Å². The molecule has 0 aromatic carbocycles. The van der Waals surface area contributed by atoms with E-state index >= 15 is 9.59 Å². The van der Waals surface area contributed by atoms with E-state index in [1.807, 2.05) is 68.4 Å². The van der Waals surface area contributed by atoms with E-state index in [-0.39, 0.29) is 100 Å². The summed E-state index contributed by atoms with van der Waals surface area (Å²) in [5.41, 5.74) is 0. The summed E-state index contributed by atoms with van der Waals surface area (Å²) in [7, 11) is 10.4. The van der Waals surface area contributed by atoms with Gasteiger partial charge in [0, 0.05) is 67.0 Å². The molecule has 0 radical (unpaired) electrons. The first-order valence-electron chi connectivity index (χ1n) is 31.5. The van der Waals surface area contributed by atoms with Crippen LogP contribution in [0, 0.1) is 53.3 Å². The number of hydrogen-bond acceptors (Lipinski definition) is 13. The normalized spacial score (nSPS) is 27.0. The first kappa shape index (κ1) is 81.4. The third-order valence-electron chi connectivity index (χ3n) is 16.9. The van der Waals surface area contributed by atoms with Gasteiger partial charge in [-0.2, -0.15) is 0 Å². The fraction of sp³-hybridized carbons (Fsp3) is 0.803. The number of hydrogen-bond donors (Lipinski definition) is 3. The molecule has 0 saturated carbocycles. The minimum absolute atomic E-state index is 0. The number of likely N-dealkylation sites (N-methyl/N-ethyl adjacent to an activating group) is 7. The lowest BCUT2D eigenvalue weighted by molar-refractivity contribution is -0.155. The number of aliphatic hydroxyl groups excluding tert-OH is 1. The van der Waals surface area contributed by atoms with Gasteiger partial charge in [-0.15, -0.1) is 0 Å². The molecule has 3 N–H and O–H groups in total. The number of aliphatic hydroxyl groups is 1. The zero-order valence-corrected chi connectivity index (χ0v) is 57.2. The highest BCUT2D eigenvalue weighted by atomic mass is 16.3. The fourth-order valence-electron chi connectivity index (χ4n) is 11.4. The molecule has 1 aliphatic rings. The van der Waals surface area contributed by atoms with Crippen LogP contribution in [0.3, 0.4) is 0 Å². The molecule has 8 amide bonds. The zero-order valence-electron chi connectivity index (χ0n) is 57.2. The second-order valence-electron chi connectivity index (χ2n) is 27.2. The van der Waals surface area contributed by atoms with E-state index in [2.05, 4.69) is 10.6 Å². The lowest BCUT2D eigenvalue weighted by atomic mass is 9.84. The summed E-state index contributed by atoms with van der Waals surface area (Å²) >= 11 is 0. The van der Waals surface area contributed by atoms with E-state index < -0.39 is 138 Å². The van der Waals surface area contributed by atoms with Crippen molar-refractivity contribution >= 4 is 64.6 Å². The maximum atomic E-state index is 15.1. The van der Waals surface area contributed by atoms with Gasteiger partial charge in [-0.25, -0.2) is 0 Å². The van der Waals surface area contributed by atoms with Crippen molar-refractivity contribution in [2.24, 2.45) is 53.3 Å². The SMILES string of the molecule is C.C/C=C/C[C@@H](C)[C@@H](O)C1C(=O)N[C@@H](CC)C(=O)N(C)CC(=O)N(C)[C@@H](CC(C)C)C(=O)CC(C(C)C)C(=O)N(C)[C@@H](CC(C)C)C(=O)C[C@@H](C)C(=O)N[C@H](C)C(=O)N(C)[C@@H](CC(C)C)C(=O)CN(C)[C@@H](CC(C)C)C(=O)N(C)[C@@H](C(C)C)C(=O)N1C. The summed E-state index contributed by atoms with van der Waals surface area (Å²) in [4.78, 5) is 169. The molecule has 0 bridgehead atoms. The van der Waals surface area contributed by atoms with Crippen molar-refractivity contribution in [3.63, 3.8) is 0 Å². The predicted octanol–water partition coefficient (Wildman–Crippen LogP) is 6.13. The quantitative estimate of drug-likeness (QED) is 0.156. The number of Topliss-reactive ketones (excluding diaryl/α,β-unsaturated/α-hetero) is 3. The highest BCUT2D eigenvalue weighted by molar-refractivity contribution is 5.99. The van der Waals surface area contributed by atoms with Crippen molar-refractivity contribution in [3.8, 4) is 0 Å². The van der Waals surface area contributed by atoms with E-state index in [1.165, 1.54) is 68.8 Å². The molecule has 1 saturated heterocycles. The van der Waals surface area contributed by atoms with Crippen LogP contribution in [0.5, 0.6) is 0 Å². The molecule has 0 aliphatic carbocycles. The van der Waals surface area contributed by atoms with Crippen molar-refractivity contribution in [2.75, 3.05) is 62.4 Å². The number of amides is 8. The molecule has 21 heteroatoms. The molecule has 1 heterocycles. The lowest BCUT2D eigenvalue weighted by Crippen LogP contribution is -2.63. The molecular formula is C66H119N9O12.